The number of nitrogens with one attached hydrogen (secondary N) is 1. The Kier molecular flexibility index (Phi) is 7.21. The molecule has 2 rings (SSSR count). The Morgan fingerprint density at radius 3 is 2.38 bits per heavy atom. The number of hydrogen-bond donors (Lipinski definition) is 2. The summed E-state index contributed by atoms with van der Waals surface area (Å²) in [5.41, 5.74) is 7.46. The molecule has 3 nitrogen and oxygen atoms in total. The molecule has 0 fully saturated rings. The van der Waals surface area contributed by atoms with E-state index in [1.807, 2.05) is 26.0 Å². The molecule has 1 amide bonds. The maximum atomic E-state index is 13.2. The van der Waals surface area contributed by atoms with Crippen molar-refractivity contribution in [3.05, 3.63) is 70.0 Å². The predicted molar refractivity (Wildman–Crippen MR) is 98.4 cm³/mol. The Hall–Kier alpha value is -1.62. The van der Waals surface area contributed by atoms with E-state index in [9.17, 15) is 9.18 Å². The summed E-state index contributed by atoms with van der Waals surface area (Å²) < 4.78 is 13.2. The van der Waals surface area contributed by atoms with Crippen LogP contribution >= 0.6 is 24.0 Å². The van der Waals surface area contributed by atoms with E-state index in [-0.39, 0.29) is 24.1 Å². The fourth-order valence-electron chi connectivity index (χ4n) is 2.33. The van der Waals surface area contributed by atoms with E-state index < -0.39 is 5.41 Å². The normalized spacial score (nSPS) is 10.9. The molecule has 2 aromatic carbocycles. The molecule has 3 N–H and O–H groups in total. The molecule has 0 spiro atoms. The van der Waals surface area contributed by atoms with Crippen LogP contribution in [0.25, 0.3) is 0 Å². The zero-order valence-corrected chi connectivity index (χ0v) is 15.2. The molecule has 2 aromatic rings. The number of carbonyl (C=O) groups excluding carboxylic acids is 1. The van der Waals surface area contributed by atoms with Gasteiger partial charge >= 0.3 is 0 Å². The summed E-state index contributed by atoms with van der Waals surface area (Å²) in [7, 11) is 0. The van der Waals surface area contributed by atoms with Crippen molar-refractivity contribution in [2.24, 2.45) is 5.73 Å². The Morgan fingerprint density at radius 1 is 1.21 bits per heavy atom. The highest BCUT2D eigenvalue weighted by Crippen LogP contribution is 2.30. The lowest BCUT2D eigenvalue weighted by Gasteiger charge is -2.26. The molecule has 0 unspecified atom stereocenters. The second-order valence-corrected chi connectivity index (χ2v) is 6.50. The summed E-state index contributed by atoms with van der Waals surface area (Å²) in [6.45, 7) is 4.72. The third-order valence-corrected chi connectivity index (χ3v) is 4.12. The van der Waals surface area contributed by atoms with Gasteiger partial charge in [-0.15, -0.1) is 12.4 Å². The van der Waals surface area contributed by atoms with E-state index in [1.165, 1.54) is 12.1 Å². The number of carbonyl (C=O) groups is 1. The molecule has 0 heterocycles. The molecule has 0 atom stereocenters. The molecule has 24 heavy (non-hydrogen) atoms. The molecule has 0 radical (unpaired) electrons. The lowest BCUT2D eigenvalue weighted by Crippen LogP contribution is -2.36. The van der Waals surface area contributed by atoms with Crippen molar-refractivity contribution in [1.29, 1.82) is 0 Å². The van der Waals surface area contributed by atoms with Crippen LogP contribution in [0.3, 0.4) is 0 Å². The number of halogens is 3. The number of rotatable bonds is 5. The molecule has 0 aromatic heterocycles. The molecule has 6 heteroatoms. The van der Waals surface area contributed by atoms with Gasteiger partial charge in [0, 0.05) is 29.1 Å². The Bertz CT molecular complexity index is 703. The lowest BCUT2D eigenvalue weighted by atomic mass is 9.84. The van der Waals surface area contributed by atoms with Crippen LogP contribution in [-0.2, 0) is 12.0 Å². The van der Waals surface area contributed by atoms with Gasteiger partial charge in [0.25, 0.3) is 5.91 Å². The summed E-state index contributed by atoms with van der Waals surface area (Å²) in [6, 6.07) is 11.5. The van der Waals surface area contributed by atoms with Crippen molar-refractivity contribution in [2.75, 3.05) is 6.54 Å². The minimum Gasteiger partial charge on any atom is -0.351 e. The van der Waals surface area contributed by atoms with Crippen LogP contribution in [0.15, 0.2) is 42.5 Å². The van der Waals surface area contributed by atoms with Crippen LogP contribution in [-0.4, -0.2) is 12.5 Å². The van der Waals surface area contributed by atoms with Crippen molar-refractivity contribution in [3.63, 3.8) is 0 Å². The average molecular weight is 371 g/mol. The number of amides is 1. The van der Waals surface area contributed by atoms with Crippen LogP contribution in [0.4, 0.5) is 4.39 Å². The summed E-state index contributed by atoms with van der Waals surface area (Å²) in [4.78, 5) is 12.2. The first-order chi connectivity index (χ1) is 10.8. The quantitative estimate of drug-likeness (QED) is 0.833. The van der Waals surface area contributed by atoms with E-state index in [4.69, 9.17) is 17.3 Å². The zero-order chi connectivity index (χ0) is 17.0. The first-order valence-corrected chi connectivity index (χ1v) is 7.74. The van der Waals surface area contributed by atoms with Crippen molar-refractivity contribution in [3.8, 4) is 0 Å². The van der Waals surface area contributed by atoms with Gasteiger partial charge in [-0.3, -0.25) is 4.79 Å². The SMILES string of the molecule is CC(C)(CNC(=O)c1ccc(CN)cc1)c1ccc(F)cc1Cl.Cl. The largest absolute Gasteiger partial charge is 0.351 e. The highest BCUT2D eigenvalue weighted by Gasteiger charge is 2.24. The van der Waals surface area contributed by atoms with Crippen molar-refractivity contribution in [1.82, 2.24) is 5.32 Å². The highest BCUT2D eigenvalue weighted by molar-refractivity contribution is 6.31. The topological polar surface area (TPSA) is 55.1 Å². The van der Waals surface area contributed by atoms with Crippen LogP contribution in [0.1, 0.15) is 35.3 Å². The van der Waals surface area contributed by atoms with Gasteiger partial charge in [-0.05, 0) is 35.4 Å². The first-order valence-electron chi connectivity index (χ1n) is 7.36. The van der Waals surface area contributed by atoms with Gasteiger partial charge in [0.05, 0.1) is 0 Å². The molecule has 0 bridgehead atoms. The standard InChI is InChI=1S/C18H20ClFN2O.ClH/c1-18(2,15-8-7-14(20)9-16(15)19)11-22-17(23)13-5-3-12(10-21)4-6-13;/h3-9H,10-11,21H2,1-2H3,(H,22,23);1H. The van der Waals surface area contributed by atoms with Crippen molar-refractivity contribution >= 4 is 29.9 Å². The summed E-state index contributed by atoms with van der Waals surface area (Å²) >= 11 is 6.12. The molecule has 0 aliphatic carbocycles. The van der Waals surface area contributed by atoms with Crippen LogP contribution in [0, 0.1) is 5.82 Å². The maximum Gasteiger partial charge on any atom is 0.251 e. The fourth-order valence-corrected chi connectivity index (χ4v) is 2.75. The summed E-state index contributed by atoms with van der Waals surface area (Å²) in [5.74, 6) is -0.543. The smallest absolute Gasteiger partial charge is 0.251 e. The summed E-state index contributed by atoms with van der Waals surface area (Å²) in [5, 5.41) is 3.25. The van der Waals surface area contributed by atoms with E-state index in [0.717, 1.165) is 11.1 Å². The monoisotopic (exact) mass is 370 g/mol. The molecular weight excluding hydrogens is 350 g/mol. The fraction of sp³-hybridized carbons (Fsp3) is 0.278. The van der Waals surface area contributed by atoms with E-state index in [1.54, 1.807) is 18.2 Å². The molecule has 0 aliphatic heterocycles. The Morgan fingerprint density at radius 2 is 1.83 bits per heavy atom. The van der Waals surface area contributed by atoms with Gasteiger partial charge in [-0.2, -0.15) is 0 Å². The lowest BCUT2D eigenvalue weighted by molar-refractivity contribution is 0.0945. The Balaban J connectivity index is 0.00000288. The molecule has 130 valence electrons. The highest BCUT2D eigenvalue weighted by atomic mass is 35.5. The van der Waals surface area contributed by atoms with Gasteiger partial charge in [0.1, 0.15) is 5.82 Å². The van der Waals surface area contributed by atoms with Crippen molar-refractivity contribution < 1.29 is 9.18 Å². The van der Waals surface area contributed by atoms with Crippen molar-refractivity contribution in [2.45, 2.75) is 25.8 Å². The van der Waals surface area contributed by atoms with E-state index in [2.05, 4.69) is 5.32 Å². The molecule has 0 saturated heterocycles. The number of hydrogen-bond acceptors (Lipinski definition) is 2. The minimum absolute atomic E-state index is 0. The van der Waals surface area contributed by atoms with Crippen LogP contribution in [0.5, 0.6) is 0 Å². The van der Waals surface area contributed by atoms with Crippen LogP contribution < -0.4 is 11.1 Å². The van der Waals surface area contributed by atoms with Crippen LogP contribution in [0.2, 0.25) is 5.02 Å². The molecular formula is C18H21Cl2FN2O. The minimum atomic E-state index is -0.419. The first kappa shape index (κ1) is 20.4. The maximum absolute atomic E-state index is 13.2. The third kappa shape index (κ3) is 4.94. The van der Waals surface area contributed by atoms with E-state index >= 15 is 0 Å². The van der Waals surface area contributed by atoms with E-state index in [0.29, 0.717) is 23.7 Å². The third-order valence-electron chi connectivity index (χ3n) is 3.80. The predicted octanol–water partition coefficient (Wildman–Crippen LogP) is 4.07. The Labute approximate surface area is 152 Å². The molecule has 0 aliphatic rings. The average Bonchev–Trinajstić information content (AvgIpc) is 2.52. The molecule has 0 saturated carbocycles. The second kappa shape index (κ2) is 8.47. The summed E-state index contributed by atoms with van der Waals surface area (Å²) in [6.07, 6.45) is 0. The number of benzene rings is 2. The second-order valence-electron chi connectivity index (χ2n) is 6.09. The van der Waals surface area contributed by atoms with Gasteiger partial charge in [-0.1, -0.05) is 43.6 Å². The van der Waals surface area contributed by atoms with Gasteiger partial charge < -0.3 is 11.1 Å². The van der Waals surface area contributed by atoms with Gasteiger partial charge in [0.2, 0.25) is 0 Å². The zero-order valence-electron chi connectivity index (χ0n) is 13.6. The van der Waals surface area contributed by atoms with Gasteiger partial charge in [0.15, 0.2) is 0 Å². The number of nitrogens with two attached hydrogens (primary N) is 1. The van der Waals surface area contributed by atoms with Gasteiger partial charge in [-0.25, -0.2) is 4.39 Å².